The Bertz CT molecular complexity index is 295. The maximum Gasteiger partial charge on any atom is 0.349 e. The number of esters is 1. The molecule has 0 aromatic carbocycles. The second kappa shape index (κ2) is 6.02. The van der Waals surface area contributed by atoms with Crippen LogP contribution in [0.25, 0.3) is 0 Å². The minimum Gasteiger partial charge on any atom is -0.465 e. The molecule has 0 aromatic rings. The highest BCUT2D eigenvalue weighted by Crippen LogP contribution is 2.38. The van der Waals surface area contributed by atoms with Crippen molar-refractivity contribution in [3.05, 3.63) is 11.4 Å². The Kier molecular flexibility index (Phi) is 5.75. The first-order chi connectivity index (χ1) is 6.76. The van der Waals surface area contributed by atoms with E-state index in [1.54, 1.807) is 6.92 Å². The molecule has 0 spiro atoms. The standard InChI is InChI=1S/C8H16NO5P/c1-3-14-8(10)7(9)4-6(2)5-15(11,12)13/h5,7H,3-4,9H2,1-2H3,(H2,11,12,13). The van der Waals surface area contributed by atoms with Crippen molar-refractivity contribution in [2.75, 3.05) is 6.61 Å². The van der Waals surface area contributed by atoms with E-state index in [9.17, 15) is 9.36 Å². The molecule has 88 valence electrons. The van der Waals surface area contributed by atoms with Crippen LogP contribution in [0.1, 0.15) is 20.3 Å². The Labute approximate surface area is 88.3 Å². The topological polar surface area (TPSA) is 110 Å². The van der Waals surface area contributed by atoms with Gasteiger partial charge in [-0.05, 0) is 20.3 Å². The van der Waals surface area contributed by atoms with Gasteiger partial charge in [0.2, 0.25) is 0 Å². The molecular weight excluding hydrogens is 221 g/mol. The van der Waals surface area contributed by atoms with E-state index in [4.69, 9.17) is 15.5 Å². The Balaban J connectivity index is 4.30. The summed E-state index contributed by atoms with van der Waals surface area (Å²) >= 11 is 0. The van der Waals surface area contributed by atoms with Gasteiger partial charge >= 0.3 is 13.6 Å². The van der Waals surface area contributed by atoms with Crippen LogP contribution >= 0.6 is 7.60 Å². The maximum atomic E-state index is 11.1. The zero-order chi connectivity index (χ0) is 12.1. The first-order valence-corrected chi connectivity index (χ1v) is 6.10. The largest absolute Gasteiger partial charge is 0.465 e. The van der Waals surface area contributed by atoms with Crippen molar-refractivity contribution in [3.8, 4) is 0 Å². The summed E-state index contributed by atoms with van der Waals surface area (Å²) in [6.45, 7) is 3.38. The lowest BCUT2D eigenvalue weighted by Gasteiger charge is -2.10. The van der Waals surface area contributed by atoms with Gasteiger partial charge in [-0.2, -0.15) is 0 Å². The summed E-state index contributed by atoms with van der Waals surface area (Å²) in [6, 6.07) is -0.882. The molecule has 0 aromatic heterocycles. The molecule has 7 heteroatoms. The van der Waals surface area contributed by atoms with Crippen LogP contribution in [0, 0.1) is 0 Å². The molecule has 0 saturated heterocycles. The molecule has 1 unspecified atom stereocenters. The Morgan fingerprint density at radius 1 is 1.60 bits per heavy atom. The van der Waals surface area contributed by atoms with E-state index in [2.05, 4.69) is 4.74 Å². The molecule has 0 fully saturated rings. The molecule has 0 aliphatic carbocycles. The second-order valence-corrected chi connectivity index (χ2v) is 4.56. The number of hydrogen-bond donors (Lipinski definition) is 3. The van der Waals surface area contributed by atoms with E-state index in [1.807, 2.05) is 0 Å². The molecule has 4 N–H and O–H groups in total. The van der Waals surface area contributed by atoms with Crippen LogP contribution < -0.4 is 5.73 Å². The van der Waals surface area contributed by atoms with Gasteiger partial charge in [-0.3, -0.25) is 9.36 Å². The van der Waals surface area contributed by atoms with E-state index in [0.29, 0.717) is 5.57 Å². The number of nitrogens with two attached hydrogens (primary N) is 1. The van der Waals surface area contributed by atoms with E-state index < -0.39 is 19.6 Å². The molecular formula is C8H16NO5P. The SMILES string of the molecule is CCOC(=O)C(N)CC(C)=CP(=O)(O)O. The number of carbonyl (C=O) groups excluding carboxylic acids is 1. The molecule has 0 heterocycles. The third-order valence-corrected chi connectivity index (χ3v) is 2.30. The molecule has 1 atom stereocenters. The molecule has 0 radical (unpaired) electrons. The van der Waals surface area contributed by atoms with E-state index in [0.717, 1.165) is 5.82 Å². The Morgan fingerprint density at radius 3 is 2.53 bits per heavy atom. The maximum absolute atomic E-state index is 11.1. The van der Waals surface area contributed by atoms with Gasteiger partial charge in [-0.1, -0.05) is 5.57 Å². The average molecular weight is 237 g/mol. The highest BCUT2D eigenvalue weighted by Gasteiger charge is 2.16. The van der Waals surface area contributed by atoms with Gasteiger partial charge in [0, 0.05) is 5.82 Å². The summed E-state index contributed by atoms with van der Waals surface area (Å²) in [5, 5.41) is 0. The molecule has 0 bridgehead atoms. The summed E-state index contributed by atoms with van der Waals surface area (Å²) in [5.74, 6) is 0.225. The van der Waals surface area contributed by atoms with Gasteiger partial charge < -0.3 is 20.3 Å². The number of ether oxygens (including phenoxy) is 1. The fourth-order valence-corrected chi connectivity index (χ4v) is 1.70. The molecule has 15 heavy (non-hydrogen) atoms. The molecule has 0 amide bonds. The first-order valence-electron chi connectivity index (χ1n) is 4.42. The highest BCUT2D eigenvalue weighted by molar-refractivity contribution is 7.55. The summed E-state index contributed by atoms with van der Waals surface area (Å²) in [5.41, 5.74) is 5.82. The third-order valence-electron chi connectivity index (χ3n) is 1.52. The number of hydrogen-bond acceptors (Lipinski definition) is 4. The van der Waals surface area contributed by atoms with Crippen LogP contribution in [0.2, 0.25) is 0 Å². The molecule has 6 nitrogen and oxygen atoms in total. The minimum absolute atomic E-state index is 0.0734. The third kappa shape index (κ3) is 7.27. The Hall–Kier alpha value is -0.680. The fourth-order valence-electron chi connectivity index (χ4n) is 1.02. The predicted octanol–water partition coefficient (Wildman–Crippen LogP) is 0.348. The number of rotatable bonds is 5. The summed E-state index contributed by atoms with van der Waals surface area (Å²) < 4.78 is 15.2. The van der Waals surface area contributed by atoms with E-state index >= 15 is 0 Å². The lowest BCUT2D eigenvalue weighted by Crippen LogP contribution is -2.32. The predicted molar refractivity (Wildman–Crippen MR) is 55.0 cm³/mol. The minimum atomic E-state index is -4.19. The van der Waals surface area contributed by atoms with Gasteiger partial charge in [0.15, 0.2) is 0 Å². The van der Waals surface area contributed by atoms with Crippen molar-refractivity contribution >= 4 is 13.6 Å². The summed E-state index contributed by atoms with van der Waals surface area (Å²) in [4.78, 5) is 28.3. The van der Waals surface area contributed by atoms with Crippen LogP contribution in [0.3, 0.4) is 0 Å². The van der Waals surface area contributed by atoms with Crippen molar-refractivity contribution in [1.29, 1.82) is 0 Å². The smallest absolute Gasteiger partial charge is 0.349 e. The van der Waals surface area contributed by atoms with Gasteiger partial charge in [-0.25, -0.2) is 0 Å². The molecule has 0 aliphatic rings. The van der Waals surface area contributed by atoms with Crippen LogP contribution in [-0.4, -0.2) is 28.4 Å². The number of carbonyl (C=O) groups is 1. The van der Waals surface area contributed by atoms with Gasteiger partial charge in [-0.15, -0.1) is 0 Å². The zero-order valence-electron chi connectivity index (χ0n) is 8.71. The van der Waals surface area contributed by atoms with Crippen molar-refractivity contribution < 1.29 is 23.9 Å². The van der Waals surface area contributed by atoms with Gasteiger partial charge in [0.25, 0.3) is 0 Å². The normalized spacial score (nSPS) is 14.9. The van der Waals surface area contributed by atoms with Crippen molar-refractivity contribution in [2.45, 2.75) is 26.3 Å². The monoisotopic (exact) mass is 237 g/mol. The van der Waals surface area contributed by atoms with E-state index in [1.165, 1.54) is 6.92 Å². The molecule has 0 saturated carbocycles. The first kappa shape index (κ1) is 14.3. The van der Waals surface area contributed by atoms with Crippen LogP contribution in [0.4, 0.5) is 0 Å². The van der Waals surface area contributed by atoms with Crippen LogP contribution in [0.5, 0.6) is 0 Å². The van der Waals surface area contributed by atoms with Crippen molar-refractivity contribution in [2.24, 2.45) is 5.73 Å². The average Bonchev–Trinajstić information content (AvgIpc) is 2.00. The fraction of sp³-hybridized carbons (Fsp3) is 0.625. The van der Waals surface area contributed by atoms with Crippen LogP contribution in [-0.2, 0) is 14.1 Å². The van der Waals surface area contributed by atoms with Crippen molar-refractivity contribution in [3.63, 3.8) is 0 Å². The Morgan fingerprint density at radius 2 is 2.13 bits per heavy atom. The van der Waals surface area contributed by atoms with Crippen LogP contribution in [0.15, 0.2) is 11.4 Å². The summed E-state index contributed by atoms with van der Waals surface area (Å²) in [6.07, 6.45) is 0.0734. The van der Waals surface area contributed by atoms with Gasteiger partial charge in [0.05, 0.1) is 6.61 Å². The summed E-state index contributed by atoms with van der Waals surface area (Å²) in [7, 11) is -4.19. The lowest BCUT2D eigenvalue weighted by molar-refractivity contribution is -0.144. The molecule has 0 rings (SSSR count). The highest BCUT2D eigenvalue weighted by atomic mass is 31.2. The molecule has 0 aliphatic heterocycles. The zero-order valence-corrected chi connectivity index (χ0v) is 9.61. The van der Waals surface area contributed by atoms with Crippen molar-refractivity contribution in [1.82, 2.24) is 0 Å². The van der Waals surface area contributed by atoms with Gasteiger partial charge in [0.1, 0.15) is 6.04 Å². The lowest BCUT2D eigenvalue weighted by atomic mass is 10.1. The quantitative estimate of drug-likeness (QED) is 0.470. The van der Waals surface area contributed by atoms with E-state index in [-0.39, 0.29) is 13.0 Å². The second-order valence-electron chi connectivity index (χ2n) is 3.13.